The number of carboxylic acids is 1. The number of nitrogens with zero attached hydrogens (tertiary/aromatic N) is 1. The van der Waals surface area contributed by atoms with Crippen LogP contribution in [0.25, 0.3) is 0 Å². The van der Waals surface area contributed by atoms with Crippen molar-refractivity contribution in [1.29, 1.82) is 0 Å². The molecule has 112 valence electrons. The fourth-order valence-electron chi connectivity index (χ4n) is 1.95. The maximum absolute atomic E-state index is 11.0. The van der Waals surface area contributed by atoms with Gasteiger partial charge in [0.15, 0.2) is 0 Å². The number of likely N-dealkylation sites (N-methyl/N-ethyl adjacent to an activating group) is 1. The Balaban J connectivity index is 2.53. The largest absolute Gasteiger partial charge is 0.491 e. The van der Waals surface area contributed by atoms with Crippen molar-refractivity contribution in [3.8, 4) is 5.75 Å². The minimum absolute atomic E-state index is 0.165. The van der Waals surface area contributed by atoms with Crippen molar-refractivity contribution in [2.75, 3.05) is 26.2 Å². The van der Waals surface area contributed by atoms with Gasteiger partial charge in [-0.25, -0.2) is 4.79 Å². The molecule has 0 aliphatic heterocycles. The number of aromatic carboxylic acids is 1. The van der Waals surface area contributed by atoms with Gasteiger partial charge in [-0.15, -0.1) is 0 Å². The summed E-state index contributed by atoms with van der Waals surface area (Å²) in [5.41, 5.74) is -0.590. The SMILES string of the molecule is CCN(CCOc1ccccc1C(=O)O)CC(C)(C)O. The van der Waals surface area contributed by atoms with E-state index >= 15 is 0 Å². The number of carboxylic acid groups (broad SMARTS) is 1. The molecule has 5 heteroatoms. The summed E-state index contributed by atoms with van der Waals surface area (Å²) in [6.45, 7) is 7.90. The van der Waals surface area contributed by atoms with Crippen molar-refractivity contribution >= 4 is 5.97 Å². The van der Waals surface area contributed by atoms with Crippen LogP contribution < -0.4 is 4.74 Å². The number of carbonyl (C=O) groups is 1. The molecule has 1 aromatic rings. The van der Waals surface area contributed by atoms with E-state index < -0.39 is 11.6 Å². The summed E-state index contributed by atoms with van der Waals surface area (Å²) in [5.74, 6) is -0.622. The lowest BCUT2D eigenvalue weighted by Crippen LogP contribution is -2.40. The summed E-state index contributed by atoms with van der Waals surface area (Å²) in [4.78, 5) is 13.1. The van der Waals surface area contributed by atoms with Gasteiger partial charge in [0.1, 0.15) is 17.9 Å². The van der Waals surface area contributed by atoms with E-state index in [9.17, 15) is 9.90 Å². The lowest BCUT2D eigenvalue weighted by molar-refractivity contribution is 0.0339. The second-order valence-electron chi connectivity index (χ2n) is 5.33. The Bertz CT molecular complexity index is 440. The maximum Gasteiger partial charge on any atom is 0.339 e. The minimum atomic E-state index is -0.996. The quantitative estimate of drug-likeness (QED) is 0.761. The van der Waals surface area contributed by atoms with Gasteiger partial charge in [0.2, 0.25) is 0 Å². The van der Waals surface area contributed by atoms with Gasteiger partial charge >= 0.3 is 5.97 Å². The number of hydrogen-bond donors (Lipinski definition) is 2. The molecule has 0 heterocycles. The van der Waals surface area contributed by atoms with Crippen LogP contribution in [0.2, 0.25) is 0 Å². The zero-order valence-corrected chi connectivity index (χ0v) is 12.3. The lowest BCUT2D eigenvalue weighted by Gasteiger charge is -2.27. The molecule has 0 atom stereocenters. The topological polar surface area (TPSA) is 70.0 Å². The molecule has 0 spiro atoms. The molecule has 2 N–H and O–H groups in total. The molecule has 1 rings (SSSR count). The van der Waals surface area contributed by atoms with Crippen LogP contribution in [0, 0.1) is 0 Å². The van der Waals surface area contributed by atoms with E-state index in [2.05, 4.69) is 4.90 Å². The van der Waals surface area contributed by atoms with Gasteiger partial charge in [-0.3, -0.25) is 4.90 Å². The summed E-state index contributed by atoms with van der Waals surface area (Å²) in [6.07, 6.45) is 0. The van der Waals surface area contributed by atoms with Crippen molar-refractivity contribution in [2.45, 2.75) is 26.4 Å². The van der Waals surface area contributed by atoms with E-state index in [-0.39, 0.29) is 5.56 Å². The average molecular weight is 281 g/mol. The number of aliphatic hydroxyl groups is 1. The minimum Gasteiger partial charge on any atom is -0.491 e. The van der Waals surface area contributed by atoms with Crippen LogP contribution in [-0.2, 0) is 0 Å². The standard InChI is InChI=1S/C15H23NO4/c1-4-16(11-15(2,3)19)9-10-20-13-8-6-5-7-12(13)14(17)18/h5-8,19H,4,9-11H2,1-3H3,(H,17,18). The first kappa shape index (κ1) is 16.5. The van der Waals surface area contributed by atoms with Gasteiger partial charge < -0.3 is 14.9 Å². The molecule has 0 amide bonds. The van der Waals surface area contributed by atoms with Crippen LogP contribution in [-0.4, -0.2) is 52.9 Å². The summed E-state index contributed by atoms with van der Waals surface area (Å²) in [6, 6.07) is 6.58. The van der Waals surface area contributed by atoms with Crippen molar-refractivity contribution in [3.05, 3.63) is 29.8 Å². The Morgan fingerprint density at radius 3 is 2.55 bits per heavy atom. The molecule has 0 saturated carbocycles. The highest BCUT2D eigenvalue weighted by molar-refractivity contribution is 5.90. The van der Waals surface area contributed by atoms with E-state index in [1.807, 2.05) is 6.92 Å². The van der Waals surface area contributed by atoms with E-state index in [4.69, 9.17) is 9.84 Å². The molecule has 0 unspecified atom stereocenters. The highest BCUT2D eigenvalue weighted by Gasteiger charge is 2.17. The Morgan fingerprint density at radius 1 is 1.35 bits per heavy atom. The third kappa shape index (κ3) is 5.59. The first-order valence-electron chi connectivity index (χ1n) is 6.73. The average Bonchev–Trinajstić information content (AvgIpc) is 2.36. The van der Waals surface area contributed by atoms with Crippen molar-refractivity contribution < 1.29 is 19.7 Å². The van der Waals surface area contributed by atoms with Gasteiger partial charge in [-0.2, -0.15) is 0 Å². The van der Waals surface area contributed by atoms with Crippen LogP contribution in [0.15, 0.2) is 24.3 Å². The van der Waals surface area contributed by atoms with Crippen molar-refractivity contribution in [1.82, 2.24) is 4.90 Å². The zero-order valence-electron chi connectivity index (χ0n) is 12.3. The fraction of sp³-hybridized carbons (Fsp3) is 0.533. The van der Waals surface area contributed by atoms with Crippen LogP contribution in [0.1, 0.15) is 31.1 Å². The van der Waals surface area contributed by atoms with Gasteiger partial charge in [-0.1, -0.05) is 19.1 Å². The van der Waals surface area contributed by atoms with Crippen molar-refractivity contribution in [2.24, 2.45) is 0 Å². The molecule has 1 aromatic carbocycles. The molecule has 20 heavy (non-hydrogen) atoms. The first-order valence-corrected chi connectivity index (χ1v) is 6.73. The number of rotatable bonds is 8. The molecule has 0 aromatic heterocycles. The number of ether oxygens (including phenoxy) is 1. The summed E-state index contributed by atoms with van der Waals surface area (Å²) in [7, 11) is 0. The number of hydrogen-bond acceptors (Lipinski definition) is 4. The van der Waals surface area contributed by atoms with Crippen LogP contribution in [0.3, 0.4) is 0 Å². The Kier molecular flexibility index (Phi) is 5.98. The summed E-state index contributed by atoms with van der Waals surface area (Å²) < 4.78 is 5.54. The molecule has 0 aliphatic carbocycles. The first-order chi connectivity index (χ1) is 9.33. The highest BCUT2D eigenvalue weighted by Crippen LogP contribution is 2.17. The Morgan fingerprint density at radius 2 is 2.00 bits per heavy atom. The normalized spacial score (nSPS) is 11.7. The fourth-order valence-corrected chi connectivity index (χ4v) is 1.95. The predicted octanol–water partition coefficient (Wildman–Crippen LogP) is 1.86. The Labute approximate surface area is 119 Å². The zero-order chi connectivity index (χ0) is 15.2. The van der Waals surface area contributed by atoms with E-state index in [0.717, 1.165) is 6.54 Å². The Hall–Kier alpha value is -1.59. The van der Waals surface area contributed by atoms with E-state index in [1.54, 1.807) is 32.0 Å². The molecular formula is C15H23NO4. The van der Waals surface area contributed by atoms with E-state index in [0.29, 0.717) is 25.4 Å². The monoisotopic (exact) mass is 281 g/mol. The van der Waals surface area contributed by atoms with Gasteiger partial charge in [0.05, 0.1) is 5.60 Å². The second kappa shape index (κ2) is 7.26. The molecule has 0 bridgehead atoms. The molecule has 0 saturated heterocycles. The molecule has 0 fully saturated rings. The molecule has 0 radical (unpaired) electrons. The van der Waals surface area contributed by atoms with Crippen LogP contribution in [0.4, 0.5) is 0 Å². The van der Waals surface area contributed by atoms with E-state index in [1.165, 1.54) is 6.07 Å². The van der Waals surface area contributed by atoms with Crippen LogP contribution >= 0.6 is 0 Å². The molecule has 5 nitrogen and oxygen atoms in total. The van der Waals surface area contributed by atoms with Crippen LogP contribution in [0.5, 0.6) is 5.75 Å². The summed E-state index contributed by atoms with van der Waals surface area (Å²) >= 11 is 0. The number of para-hydroxylation sites is 1. The third-order valence-electron chi connectivity index (χ3n) is 2.84. The summed E-state index contributed by atoms with van der Waals surface area (Å²) in [5, 5.41) is 18.8. The molecular weight excluding hydrogens is 258 g/mol. The predicted molar refractivity (Wildman–Crippen MR) is 77.3 cm³/mol. The van der Waals surface area contributed by atoms with Crippen molar-refractivity contribution in [3.63, 3.8) is 0 Å². The smallest absolute Gasteiger partial charge is 0.339 e. The molecule has 0 aliphatic rings. The lowest BCUT2D eigenvalue weighted by atomic mass is 10.1. The van der Waals surface area contributed by atoms with Gasteiger partial charge in [-0.05, 0) is 32.5 Å². The van der Waals surface area contributed by atoms with Gasteiger partial charge in [0, 0.05) is 13.1 Å². The second-order valence-corrected chi connectivity index (χ2v) is 5.33. The number of benzene rings is 1. The maximum atomic E-state index is 11.0. The van der Waals surface area contributed by atoms with Gasteiger partial charge in [0.25, 0.3) is 0 Å². The highest BCUT2D eigenvalue weighted by atomic mass is 16.5. The third-order valence-corrected chi connectivity index (χ3v) is 2.84.